The molecule has 0 aromatic heterocycles. The second kappa shape index (κ2) is 7.44. The minimum absolute atomic E-state index is 0.0928. The van der Waals surface area contributed by atoms with Crippen LogP contribution in [0.3, 0.4) is 0 Å². The third kappa shape index (κ3) is 5.90. The zero-order valence-electron chi connectivity index (χ0n) is 9.35. The van der Waals surface area contributed by atoms with Crippen LogP contribution in [0.2, 0.25) is 0 Å². The Hall–Kier alpha value is -0.840. The van der Waals surface area contributed by atoms with Crippen LogP contribution in [0, 0.1) is 0 Å². The Morgan fingerprint density at radius 3 is 2.75 bits per heavy atom. The molecular formula is C12H17NO2S. The van der Waals surface area contributed by atoms with Gasteiger partial charge in [0.2, 0.25) is 0 Å². The SMILES string of the molecule is CC(=O)SCCC(O)NCc1ccccc1. The fourth-order valence-electron chi connectivity index (χ4n) is 1.25. The van der Waals surface area contributed by atoms with Gasteiger partial charge in [0.15, 0.2) is 5.12 Å². The molecule has 0 amide bonds. The van der Waals surface area contributed by atoms with E-state index < -0.39 is 6.23 Å². The molecule has 3 nitrogen and oxygen atoms in total. The zero-order valence-corrected chi connectivity index (χ0v) is 10.2. The standard InChI is InChI=1S/C12H17NO2S/c1-10(14)16-8-7-12(15)13-9-11-5-3-2-4-6-11/h2-6,12-13,15H,7-9H2,1H3. The molecule has 0 heterocycles. The van der Waals surface area contributed by atoms with Gasteiger partial charge < -0.3 is 5.11 Å². The van der Waals surface area contributed by atoms with Gasteiger partial charge in [0, 0.05) is 19.2 Å². The quantitative estimate of drug-likeness (QED) is 0.743. The van der Waals surface area contributed by atoms with E-state index in [2.05, 4.69) is 5.32 Å². The molecule has 0 saturated heterocycles. The summed E-state index contributed by atoms with van der Waals surface area (Å²) < 4.78 is 0. The molecule has 1 aromatic rings. The van der Waals surface area contributed by atoms with Gasteiger partial charge in [-0.25, -0.2) is 0 Å². The molecular weight excluding hydrogens is 222 g/mol. The van der Waals surface area contributed by atoms with E-state index in [9.17, 15) is 9.90 Å². The Morgan fingerprint density at radius 2 is 2.12 bits per heavy atom. The molecule has 1 aromatic carbocycles. The fraction of sp³-hybridized carbons (Fsp3) is 0.417. The Labute approximate surface area is 100 Å². The molecule has 2 N–H and O–H groups in total. The number of benzene rings is 1. The van der Waals surface area contributed by atoms with E-state index in [-0.39, 0.29) is 5.12 Å². The predicted molar refractivity (Wildman–Crippen MR) is 67.0 cm³/mol. The number of rotatable bonds is 6. The maximum atomic E-state index is 10.7. The maximum Gasteiger partial charge on any atom is 0.185 e. The molecule has 1 atom stereocenters. The molecule has 4 heteroatoms. The molecule has 0 aliphatic heterocycles. The van der Waals surface area contributed by atoms with Crippen LogP contribution in [0.15, 0.2) is 30.3 Å². The summed E-state index contributed by atoms with van der Waals surface area (Å²) in [5.74, 6) is 0.651. The van der Waals surface area contributed by atoms with Crippen LogP contribution in [-0.2, 0) is 11.3 Å². The smallest absolute Gasteiger partial charge is 0.185 e. The van der Waals surface area contributed by atoms with Crippen LogP contribution in [0.25, 0.3) is 0 Å². The highest BCUT2D eigenvalue weighted by Crippen LogP contribution is 2.05. The highest BCUT2D eigenvalue weighted by Gasteiger charge is 2.04. The van der Waals surface area contributed by atoms with Crippen molar-refractivity contribution in [1.29, 1.82) is 0 Å². The second-order valence-corrected chi connectivity index (χ2v) is 4.78. The number of nitrogens with one attached hydrogen (secondary N) is 1. The minimum atomic E-state index is -0.549. The Kier molecular flexibility index (Phi) is 6.15. The molecule has 88 valence electrons. The molecule has 0 aliphatic carbocycles. The van der Waals surface area contributed by atoms with E-state index in [1.54, 1.807) is 0 Å². The highest BCUT2D eigenvalue weighted by atomic mass is 32.2. The monoisotopic (exact) mass is 239 g/mol. The van der Waals surface area contributed by atoms with E-state index in [0.29, 0.717) is 18.7 Å². The third-order valence-corrected chi connectivity index (χ3v) is 2.93. The summed E-state index contributed by atoms with van der Waals surface area (Å²) in [4.78, 5) is 10.7. The lowest BCUT2D eigenvalue weighted by Crippen LogP contribution is -2.28. The van der Waals surface area contributed by atoms with E-state index in [1.807, 2.05) is 30.3 Å². The average Bonchev–Trinajstić information content (AvgIpc) is 2.27. The van der Waals surface area contributed by atoms with Crippen LogP contribution in [-0.4, -0.2) is 22.2 Å². The van der Waals surface area contributed by atoms with Crippen LogP contribution in [0.5, 0.6) is 0 Å². The van der Waals surface area contributed by atoms with Gasteiger partial charge in [-0.05, 0) is 12.0 Å². The molecule has 0 saturated carbocycles. The predicted octanol–water partition coefficient (Wildman–Crippen LogP) is 1.76. The van der Waals surface area contributed by atoms with Crippen molar-refractivity contribution in [1.82, 2.24) is 5.32 Å². The van der Waals surface area contributed by atoms with E-state index in [1.165, 1.54) is 18.7 Å². The van der Waals surface area contributed by atoms with Crippen molar-refractivity contribution < 1.29 is 9.90 Å². The van der Waals surface area contributed by atoms with Crippen molar-refractivity contribution in [3.8, 4) is 0 Å². The van der Waals surface area contributed by atoms with Crippen molar-refractivity contribution in [2.45, 2.75) is 26.1 Å². The van der Waals surface area contributed by atoms with Crippen LogP contribution < -0.4 is 5.32 Å². The fourth-order valence-corrected chi connectivity index (χ4v) is 1.88. The molecule has 0 aliphatic rings. The molecule has 16 heavy (non-hydrogen) atoms. The molecule has 0 radical (unpaired) electrons. The van der Waals surface area contributed by atoms with Gasteiger partial charge in [-0.15, -0.1) is 0 Å². The number of hydrogen-bond donors (Lipinski definition) is 2. The van der Waals surface area contributed by atoms with Crippen molar-refractivity contribution in [3.05, 3.63) is 35.9 Å². The topological polar surface area (TPSA) is 49.3 Å². The van der Waals surface area contributed by atoms with Crippen LogP contribution in [0.1, 0.15) is 18.9 Å². The van der Waals surface area contributed by atoms with Gasteiger partial charge in [-0.3, -0.25) is 10.1 Å². The Balaban J connectivity index is 2.15. The summed E-state index contributed by atoms with van der Waals surface area (Å²) in [6.45, 7) is 2.18. The number of carbonyl (C=O) groups is 1. The first kappa shape index (κ1) is 13.2. The number of aliphatic hydroxyl groups is 1. The van der Waals surface area contributed by atoms with E-state index >= 15 is 0 Å². The summed E-state index contributed by atoms with van der Waals surface area (Å²) in [7, 11) is 0. The van der Waals surface area contributed by atoms with Crippen molar-refractivity contribution in [3.63, 3.8) is 0 Å². The Bertz CT molecular complexity index is 316. The lowest BCUT2D eigenvalue weighted by Gasteiger charge is -2.11. The van der Waals surface area contributed by atoms with Gasteiger partial charge in [-0.2, -0.15) is 0 Å². The zero-order chi connectivity index (χ0) is 11.8. The van der Waals surface area contributed by atoms with Crippen molar-refractivity contribution in [2.24, 2.45) is 0 Å². The van der Waals surface area contributed by atoms with Gasteiger partial charge >= 0.3 is 0 Å². The minimum Gasteiger partial charge on any atom is -0.379 e. The normalized spacial score (nSPS) is 12.4. The highest BCUT2D eigenvalue weighted by molar-refractivity contribution is 8.13. The number of hydrogen-bond acceptors (Lipinski definition) is 4. The lowest BCUT2D eigenvalue weighted by molar-refractivity contribution is -0.109. The molecule has 0 fully saturated rings. The van der Waals surface area contributed by atoms with Crippen molar-refractivity contribution in [2.75, 3.05) is 5.75 Å². The first-order valence-electron chi connectivity index (χ1n) is 5.27. The van der Waals surface area contributed by atoms with Gasteiger partial charge in [0.1, 0.15) is 6.23 Å². The van der Waals surface area contributed by atoms with Gasteiger partial charge in [0.05, 0.1) is 0 Å². The largest absolute Gasteiger partial charge is 0.379 e. The van der Waals surface area contributed by atoms with Gasteiger partial charge in [0.25, 0.3) is 0 Å². The number of thioether (sulfide) groups is 1. The molecule has 0 spiro atoms. The Morgan fingerprint density at radius 1 is 1.44 bits per heavy atom. The lowest BCUT2D eigenvalue weighted by atomic mass is 10.2. The maximum absolute atomic E-state index is 10.7. The van der Waals surface area contributed by atoms with E-state index in [0.717, 1.165) is 5.56 Å². The summed E-state index contributed by atoms with van der Waals surface area (Å²) in [6, 6.07) is 9.90. The third-order valence-electron chi connectivity index (χ3n) is 2.08. The van der Waals surface area contributed by atoms with E-state index in [4.69, 9.17) is 0 Å². The first-order chi connectivity index (χ1) is 7.68. The number of carbonyl (C=O) groups excluding carboxylic acids is 1. The van der Waals surface area contributed by atoms with Crippen molar-refractivity contribution >= 4 is 16.9 Å². The summed E-state index contributed by atoms with van der Waals surface area (Å²) in [5, 5.41) is 12.7. The first-order valence-corrected chi connectivity index (χ1v) is 6.26. The second-order valence-electron chi connectivity index (χ2n) is 3.51. The van der Waals surface area contributed by atoms with Crippen LogP contribution >= 0.6 is 11.8 Å². The molecule has 1 rings (SSSR count). The number of aliphatic hydroxyl groups excluding tert-OH is 1. The molecule has 1 unspecified atom stereocenters. The van der Waals surface area contributed by atoms with Crippen LogP contribution in [0.4, 0.5) is 0 Å². The molecule has 0 bridgehead atoms. The summed E-state index contributed by atoms with van der Waals surface area (Å²) in [5.41, 5.74) is 1.14. The average molecular weight is 239 g/mol. The van der Waals surface area contributed by atoms with Gasteiger partial charge in [-0.1, -0.05) is 42.1 Å². The summed E-state index contributed by atoms with van der Waals surface area (Å²) >= 11 is 1.24. The summed E-state index contributed by atoms with van der Waals surface area (Å²) in [6.07, 6.45) is 0.0314.